The second-order valence-electron chi connectivity index (χ2n) is 2.39. The largest absolute Gasteiger partial charge is 0.369 e. The summed E-state index contributed by atoms with van der Waals surface area (Å²) in [6.07, 6.45) is 0.131. The molecule has 0 fully saturated rings. The van der Waals surface area contributed by atoms with E-state index in [9.17, 15) is 4.57 Å². The van der Waals surface area contributed by atoms with Gasteiger partial charge in [0.1, 0.15) is 6.35 Å². The third-order valence-electron chi connectivity index (χ3n) is 0.931. The average Bonchev–Trinajstić information content (AvgIpc) is 1.81. The van der Waals surface area contributed by atoms with E-state index in [0.717, 1.165) is 0 Å². The lowest BCUT2D eigenvalue weighted by atomic mass is 10.0. The van der Waals surface area contributed by atoms with E-state index in [1.807, 2.05) is 0 Å². The molecule has 0 bridgehead atoms. The maximum absolute atomic E-state index is 10.6. The Morgan fingerprint density at radius 2 is 2.30 bits per heavy atom. The molecule has 0 aromatic rings. The number of hydrogen-bond donors (Lipinski definition) is 1. The van der Waals surface area contributed by atoms with Gasteiger partial charge in [-0.25, -0.2) is 0 Å². The molecule has 0 saturated heterocycles. The summed E-state index contributed by atoms with van der Waals surface area (Å²) in [5.74, 6) is 0. The molecule has 3 nitrogen and oxygen atoms in total. The maximum atomic E-state index is 10.6. The van der Waals surface area contributed by atoms with Gasteiger partial charge in [-0.15, -0.1) is 0 Å². The third kappa shape index (κ3) is 6.34. The highest BCUT2D eigenvalue weighted by Gasteiger charge is 2.10. The van der Waals surface area contributed by atoms with Crippen molar-refractivity contribution in [3.63, 3.8) is 0 Å². The van der Waals surface area contributed by atoms with Crippen LogP contribution in [-0.4, -0.2) is 31.9 Å². The lowest BCUT2D eigenvalue weighted by Gasteiger charge is -2.11. The Morgan fingerprint density at radius 3 is 2.60 bits per heavy atom. The minimum Gasteiger partial charge on any atom is -0.369 e. The van der Waals surface area contributed by atoms with Crippen molar-refractivity contribution < 1.29 is 14.2 Å². The lowest BCUT2D eigenvalue weighted by Crippen LogP contribution is -2.07. The Balaban J connectivity index is 3.46. The second-order valence-corrected chi connectivity index (χ2v) is 4.75. The van der Waals surface area contributed by atoms with Crippen molar-refractivity contribution in [1.29, 1.82) is 0 Å². The van der Waals surface area contributed by atoms with Crippen LogP contribution in [0.2, 0.25) is 6.32 Å². The van der Waals surface area contributed by atoms with E-state index in [-0.39, 0.29) is 12.5 Å². The molecule has 0 spiro atoms. The van der Waals surface area contributed by atoms with Crippen molar-refractivity contribution in [1.82, 2.24) is 0 Å². The summed E-state index contributed by atoms with van der Waals surface area (Å²) in [7, 11) is 2.19. The van der Waals surface area contributed by atoms with Gasteiger partial charge < -0.3 is 9.63 Å². The average molecular weight is 162 g/mol. The van der Waals surface area contributed by atoms with Crippen LogP contribution in [0.4, 0.5) is 0 Å². The summed E-state index contributed by atoms with van der Waals surface area (Å²) in [6.45, 7) is 3.02. The summed E-state index contributed by atoms with van der Waals surface area (Å²) < 4.78 is 15.5. The van der Waals surface area contributed by atoms with Crippen LogP contribution in [0.15, 0.2) is 0 Å². The Kier molecular flexibility index (Phi) is 4.26. The molecule has 0 amide bonds. The molecule has 0 saturated carbocycles. The highest BCUT2D eigenvalue weighted by molar-refractivity contribution is 7.56. The van der Waals surface area contributed by atoms with Crippen molar-refractivity contribution in [2.24, 2.45) is 0 Å². The van der Waals surface area contributed by atoms with Crippen LogP contribution in [-0.2, 0) is 9.30 Å². The molecular weight excluding hydrogens is 150 g/mol. The standard InChI is InChI=1S/C5H12BO3P/c1-5(3-6)9-4-10(2,7)8/h5H,3-4H2,1-2H3,(H,7,8). The molecule has 1 N–H and O–H groups in total. The van der Waals surface area contributed by atoms with Crippen LogP contribution in [0.5, 0.6) is 0 Å². The normalized spacial score (nSPS) is 19.9. The fourth-order valence-electron chi connectivity index (χ4n) is 0.334. The Bertz CT molecular complexity index is 133. The van der Waals surface area contributed by atoms with Gasteiger partial charge in [-0.05, 0) is 6.92 Å². The predicted octanol–water partition coefficient (Wildman–Crippen LogP) is 0.836. The second kappa shape index (κ2) is 4.17. The van der Waals surface area contributed by atoms with Crippen molar-refractivity contribution in [3.8, 4) is 0 Å². The van der Waals surface area contributed by atoms with Crippen LogP contribution in [0, 0.1) is 0 Å². The molecule has 0 aliphatic carbocycles. The van der Waals surface area contributed by atoms with Gasteiger partial charge in [0.05, 0.1) is 7.85 Å². The zero-order valence-electron chi connectivity index (χ0n) is 6.28. The molecule has 0 rings (SSSR count). The summed E-state index contributed by atoms with van der Waals surface area (Å²) in [5.41, 5.74) is 0. The van der Waals surface area contributed by atoms with E-state index in [1.165, 1.54) is 6.66 Å². The van der Waals surface area contributed by atoms with E-state index in [2.05, 4.69) is 0 Å². The van der Waals surface area contributed by atoms with Crippen LogP contribution < -0.4 is 0 Å². The first-order chi connectivity index (χ1) is 4.45. The van der Waals surface area contributed by atoms with Gasteiger partial charge >= 0.3 is 0 Å². The zero-order valence-corrected chi connectivity index (χ0v) is 7.17. The highest BCUT2D eigenvalue weighted by Crippen LogP contribution is 2.35. The molecule has 0 aromatic carbocycles. The van der Waals surface area contributed by atoms with Gasteiger partial charge in [0.2, 0.25) is 7.37 Å². The van der Waals surface area contributed by atoms with Gasteiger partial charge in [0.25, 0.3) is 0 Å². The molecule has 0 aliphatic heterocycles. The smallest absolute Gasteiger partial charge is 0.222 e. The Hall–Kier alpha value is 0.215. The monoisotopic (exact) mass is 162 g/mol. The van der Waals surface area contributed by atoms with Crippen LogP contribution in [0.3, 0.4) is 0 Å². The van der Waals surface area contributed by atoms with Crippen LogP contribution in [0.1, 0.15) is 6.92 Å². The number of hydrogen-bond acceptors (Lipinski definition) is 2. The van der Waals surface area contributed by atoms with Crippen molar-refractivity contribution in [3.05, 3.63) is 0 Å². The van der Waals surface area contributed by atoms with E-state index >= 15 is 0 Å². The molecule has 2 unspecified atom stereocenters. The first-order valence-corrected chi connectivity index (χ1v) is 5.36. The summed E-state index contributed by atoms with van der Waals surface area (Å²) in [5, 5.41) is 0. The molecule has 0 heterocycles. The van der Waals surface area contributed by atoms with Gasteiger partial charge in [0, 0.05) is 12.8 Å². The van der Waals surface area contributed by atoms with E-state index in [4.69, 9.17) is 17.5 Å². The topological polar surface area (TPSA) is 46.5 Å². The zero-order chi connectivity index (χ0) is 8.20. The molecule has 5 heteroatoms. The fraction of sp³-hybridized carbons (Fsp3) is 1.00. The minimum absolute atomic E-state index is 0.106. The van der Waals surface area contributed by atoms with Gasteiger partial charge in [-0.3, -0.25) is 4.57 Å². The quantitative estimate of drug-likeness (QED) is 0.491. The van der Waals surface area contributed by atoms with Gasteiger partial charge in [-0.2, -0.15) is 0 Å². The molecule has 0 aromatic heterocycles. The van der Waals surface area contributed by atoms with E-state index in [1.54, 1.807) is 6.92 Å². The molecule has 0 aliphatic rings. The first-order valence-electron chi connectivity index (χ1n) is 3.06. The number of ether oxygens (including phenoxy) is 1. The molecular formula is C5H12BO3P. The molecule has 2 atom stereocenters. The predicted molar refractivity (Wildman–Crippen MR) is 41.7 cm³/mol. The summed E-state index contributed by atoms with van der Waals surface area (Å²) >= 11 is 0. The van der Waals surface area contributed by atoms with E-state index < -0.39 is 7.37 Å². The Morgan fingerprint density at radius 1 is 1.80 bits per heavy atom. The minimum atomic E-state index is -3.01. The molecule has 58 valence electrons. The van der Waals surface area contributed by atoms with Crippen LogP contribution in [0.25, 0.3) is 0 Å². The summed E-state index contributed by atoms with van der Waals surface area (Å²) in [6, 6.07) is 0. The van der Waals surface area contributed by atoms with Crippen molar-refractivity contribution in [2.45, 2.75) is 19.3 Å². The first kappa shape index (κ1) is 10.2. The SMILES string of the molecule is [B]CC(C)OCP(C)(=O)O. The van der Waals surface area contributed by atoms with Gasteiger partial charge in [0.15, 0.2) is 0 Å². The molecule has 10 heavy (non-hydrogen) atoms. The summed E-state index contributed by atoms with van der Waals surface area (Å²) in [4.78, 5) is 8.75. The van der Waals surface area contributed by atoms with Crippen molar-refractivity contribution >= 4 is 15.2 Å². The lowest BCUT2D eigenvalue weighted by molar-refractivity contribution is 0.110. The van der Waals surface area contributed by atoms with Crippen molar-refractivity contribution in [2.75, 3.05) is 13.0 Å². The third-order valence-corrected chi connectivity index (χ3v) is 1.56. The maximum Gasteiger partial charge on any atom is 0.222 e. The highest BCUT2D eigenvalue weighted by atomic mass is 31.2. The molecule has 2 radical (unpaired) electrons. The fourth-order valence-corrected chi connectivity index (χ4v) is 0.865. The van der Waals surface area contributed by atoms with Gasteiger partial charge in [-0.1, -0.05) is 6.32 Å². The Labute approximate surface area is 62.6 Å². The number of rotatable bonds is 4. The van der Waals surface area contributed by atoms with E-state index in [0.29, 0.717) is 6.32 Å². The van der Waals surface area contributed by atoms with Crippen LogP contribution >= 0.6 is 7.37 Å².